The van der Waals surface area contributed by atoms with Gasteiger partial charge in [0.1, 0.15) is 0 Å². The van der Waals surface area contributed by atoms with Crippen LogP contribution in [0.1, 0.15) is 27.7 Å². The number of aromatic nitrogens is 2. The van der Waals surface area contributed by atoms with Crippen LogP contribution in [0.25, 0.3) is 16.9 Å². The zero-order chi connectivity index (χ0) is 23.3. The molecule has 0 radical (unpaired) electrons. The molecule has 3 aromatic rings. The van der Waals surface area contributed by atoms with E-state index in [0.717, 1.165) is 16.9 Å². The van der Waals surface area contributed by atoms with Crippen molar-refractivity contribution in [3.05, 3.63) is 65.8 Å². The first-order chi connectivity index (χ1) is 15.2. The summed E-state index contributed by atoms with van der Waals surface area (Å²) in [5.41, 5.74) is 2.43. The van der Waals surface area contributed by atoms with Gasteiger partial charge in [-0.25, -0.2) is 4.98 Å². The van der Waals surface area contributed by atoms with Gasteiger partial charge in [-0.2, -0.15) is 0 Å². The van der Waals surface area contributed by atoms with E-state index in [9.17, 15) is 9.59 Å². The first-order valence-electron chi connectivity index (χ1n) is 10.7. The van der Waals surface area contributed by atoms with E-state index >= 15 is 0 Å². The SMILES string of the molecule is CC(C)CN(CC(=O)Nc1nc(-c2ccccc2)cn1-c1cccc(Cl)c1)C(=O)C(C)C. The molecule has 0 fully saturated rings. The molecule has 0 aliphatic carbocycles. The van der Waals surface area contributed by atoms with Crippen molar-refractivity contribution in [2.75, 3.05) is 18.4 Å². The monoisotopic (exact) mass is 452 g/mol. The second kappa shape index (κ2) is 10.5. The number of rotatable bonds is 8. The molecule has 0 atom stereocenters. The van der Waals surface area contributed by atoms with E-state index in [4.69, 9.17) is 11.6 Å². The first kappa shape index (κ1) is 23.5. The molecule has 168 valence electrons. The number of nitrogens with zero attached hydrogens (tertiary/aromatic N) is 3. The lowest BCUT2D eigenvalue weighted by Gasteiger charge is -2.25. The molecule has 1 N–H and O–H groups in total. The molecule has 0 bridgehead atoms. The third-order valence-corrected chi connectivity index (χ3v) is 5.07. The van der Waals surface area contributed by atoms with Crippen LogP contribution in [-0.2, 0) is 9.59 Å². The summed E-state index contributed by atoms with van der Waals surface area (Å²) >= 11 is 6.19. The highest BCUT2D eigenvalue weighted by Gasteiger charge is 2.22. The van der Waals surface area contributed by atoms with E-state index in [1.54, 1.807) is 21.6 Å². The average molecular weight is 453 g/mol. The fraction of sp³-hybridized carbons (Fsp3) is 0.320. The smallest absolute Gasteiger partial charge is 0.246 e. The van der Waals surface area contributed by atoms with Gasteiger partial charge >= 0.3 is 0 Å². The lowest BCUT2D eigenvalue weighted by atomic mass is 10.1. The van der Waals surface area contributed by atoms with Gasteiger partial charge in [0.05, 0.1) is 12.2 Å². The van der Waals surface area contributed by atoms with E-state index < -0.39 is 0 Å². The van der Waals surface area contributed by atoms with Gasteiger partial charge in [0.2, 0.25) is 17.8 Å². The van der Waals surface area contributed by atoms with Crippen LogP contribution in [0.15, 0.2) is 60.8 Å². The molecule has 0 aliphatic rings. The Labute approximate surface area is 194 Å². The Bertz CT molecular complexity index is 1080. The van der Waals surface area contributed by atoms with Crippen LogP contribution in [0.2, 0.25) is 5.02 Å². The molecule has 0 saturated carbocycles. The largest absolute Gasteiger partial charge is 0.333 e. The minimum atomic E-state index is -0.298. The second-order valence-electron chi connectivity index (χ2n) is 8.48. The molecule has 0 spiro atoms. The summed E-state index contributed by atoms with van der Waals surface area (Å²) in [6.45, 7) is 8.21. The van der Waals surface area contributed by atoms with E-state index in [0.29, 0.717) is 17.5 Å². The topological polar surface area (TPSA) is 67.2 Å². The van der Waals surface area contributed by atoms with Crippen LogP contribution in [0.5, 0.6) is 0 Å². The van der Waals surface area contributed by atoms with Crippen LogP contribution >= 0.6 is 11.6 Å². The van der Waals surface area contributed by atoms with Gasteiger partial charge < -0.3 is 4.90 Å². The van der Waals surface area contributed by atoms with Gasteiger partial charge in [-0.3, -0.25) is 19.5 Å². The van der Waals surface area contributed by atoms with Crippen molar-refractivity contribution in [3.63, 3.8) is 0 Å². The van der Waals surface area contributed by atoms with Crippen molar-refractivity contribution >= 4 is 29.4 Å². The molecule has 6 nitrogen and oxygen atoms in total. The number of hydrogen-bond donors (Lipinski definition) is 1. The first-order valence-corrected chi connectivity index (χ1v) is 11.1. The molecule has 2 aromatic carbocycles. The van der Waals surface area contributed by atoms with Crippen LogP contribution < -0.4 is 5.32 Å². The maximum Gasteiger partial charge on any atom is 0.246 e. The Morgan fingerprint density at radius 2 is 1.78 bits per heavy atom. The summed E-state index contributed by atoms with van der Waals surface area (Å²) < 4.78 is 1.79. The van der Waals surface area contributed by atoms with Gasteiger partial charge in [0, 0.05) is 34.9 Å². The van der Waals surface area contributed by atoms with Crippen molar-refractivity contribution in [2.45, 2.75) is 27.7 Å². The van der Waals surface area contributed by atoms with Crippen LogP contribution in [0, 0.1) is 11.8 Å². The van der Waals surface area contributed by atoms with E-state index in [-0.39, 0.29) is 30.2 Å². The van der Waals surface area contributed by atoms with Gasteiger partial charge in [0.15, 0.2) is 0 Å². The fourth-order valence-corrected chi connectivity index (χ4v) is 3.60. The lowest BCUT2D eigenvalue weighted by Crippen LogP contribution is -2.42. The molecule has 2 amide bonds. The number of carbonyl (C=O) groups is 2. The molecular weight excluding hydrogens is 424 g/mol. The maximum atomic E-state index is 12.9. The van der Waals surface area contributed by atoms with Gasteiger partial charge in [-0.15, -0.1) is 0 Å². The summed E-state index contributed by atoms with van der Waals surface area (Å²) in [6.07, 6.45) is 1.86. The van der Waals surface area contributed by atoms with Gasteiger partial charge in [-0.1, -0.05) is 75.7 Å². The number of hydrogen-bond acceptors (Lipinski definition) is 3. The molecule has 7 heteroatoms. The predicted molar refractivity (Wildman–Crippen MR) is 129 cm³/mol. The number of halogens is 1. The highest BCUT2D eigenvalue weighted by atomic mass is 35.5. The normalized spacial score (nSPS) is 11.1. The van der Waals surface area contributed by atoms with Crippen molar-refractivity contribution < 1.29 is 9.59 Å². The molecule has 1 heterocycles. The molecule has 0 unspecified atom stereocenters. The molecule has 3 rings (SSSR count). The molecule has 0 aliphatic heterocycles. The summed E-state index contributed by atoms with van der Waals surface area (Å²) in [6, 6.07) is 17.1. The van der Waals surface area contributed by atoms with E-state index in [1.165, 1.54) is 0 Å². The number of nitrogens with one attached hydrogen (secondary N) is 1. The van der Waals surface area contributed by atoms with Crippen molar-refractivity contribution in [2.24, 2.45) is 11.8 Å². The Morgan fingerprint density at radius 3 is 2.41 bits per heavy atom. The maximum absolute atomic E-state index is 12.9. The minimum Gasteiger partial charge on any atom is -0.333 e. The zero-order valence-corrected chi connectivity index (χ0v) is 19.6. The predicted octanol–water partition coefficient (Wildman–Crippen LogP) is 5.27. The fourth-order valence-electron chi connectivity index (χ4n) is 3.42. The number of anilines is 1. The summed E-state index contributed by atoms with van der Waals surface area (Å²) in [7, 11) is 0. The standard InChI is InChI=1S/C25H29ClN4O2/c1-17(2)14-29(24(32)18(3)4)16-23(31)28-25-27-22(19-9-6-5-7-10-19)15-30(25)21-12-8-11-20(26)13-21/h5-13,15,17-18H,14,16H2,1-4H3,(H,27,28,31). The van der Waals surface area contributed by atoms with Crippen molar-refractivity contribution in [1.82, 2.24) is 14.5 Å². The Morgan fingerprint density at radius 1 is 1.06 bits per heavy atom. The number of amides is 2. The van der Waals surface area contributed by atoms with Crippen molar-refractivity contribution in [3.8, 4) is 16.9 Å². The average Bonchev–Trinajstić information content (AvgIpc) is 3.16. The third-order valence-electron chi connectivity index (χ3n) is 4.84. The number of benzene rings is 2. The lowest BCUT2D eigenvalue weighted by molar-refractivity contribution is -0.138. The van der Waals surface area contributed by atoms with E-state index in [2.05, 4.69) is 10.3 Å². The van der Waals surface area contributed by atoms with Crippen molar-refractivity contribution in [1.29, 1.82) is 0 Å². The summed E-state index contributed by atoms with van der Waals surface area (Å²) in [5.74, 6) is 0.103. The third kappa shape index (κ3) is 5.98. The number of carbonyl (C=O) groups excluding carboxylic acids is 2. The highest BCUT2D eigenvalue weighted by Crippen LogP contribution is 2.25. The Balaban J connectivity index is 1.91. The Hall–Kier alpha value is -3.12. The summed E-state index contributed by atoms with van der Waals surface area (Å²) in [4.78, 5) is 31.8. The zero-order valence-electron chi connectivity index (χ0n) is 18.9. The molecule has 0 saturated heterocycles. The minimum absolute atomic E-state index is 0.0295. The second-order valence-corrected chi connectivity index (χ2v) is 8.92. The van der Waals surface area contributed by atoms with Crippen LogP contribution in [0.3, 0.4) is 0 Å². The van der Waals surface area contributed by atoms with Crippen LogP contribution in [-0.4, -0.2) is 39.4 Å². The van der Waals surface area contributed by atoms with Crippen LogP contribution in [0.4, 0.5) is 5.95 Å². The highest BCUT2D eigenvalue weighted by molar-refractivity contribution is 6.30. The molecule has 32 heavy (non-hydrogen) atoms. The molecular formula is C25H29ClN4O2. The molecule has 1 aromatic heterocycles. The Kier molecular flexibility index (Phi) is 7.70. The van der Waals surface area contributed by atoms with E-state index in [1.807, 2.05) is 76.4 Å². The van der Waals surface area contributed by atoms with Gasteiger partial charge in [-0.05, 0) is 24.1 Å². The quantitative estimate of drug-likeness (QED) is 0.506. The van der Waals surface area contributed by atoms with Gasteiger partial charge in [0.25, 0.3) is 0 Å². The number of imidazole rings is 1. The summed E-state index contributed by atoms with van der Waals surface area (Å²) in [5, 5.41) is 3.48.